The number of benzene rings is 2. The summed E-state index contributed by atoms with van der Waals surface area (Å²) in [6.07, 6.45) is 4.07. The van der Waals surface area contributed by atoms with Gasteiger partial charge in [0.1, 0.15) is 11.5 Å². The van der Waals surface area contributed by atoms with Gasteiger partial charge in [-0.05, 0) is 54.9 Å². The average Bonchev–Trinajstić information content (AvgIpc) is 3.40. The van der Waals surface area contributed by atoms with Crippen LogP contribution in [0.15, 0.2) is 59.2 Å². The Hall–Kier alpha value is -2.44. The van der Waals surface area contributed by atoms with Gasteiger partial charge in [-0.2, -0.15) is 8.78 Å². The van der Waals surface area contributed by atoms with E-state index in [1.165, 1.54) is 12.8 Å². The van der Waals surface area contributed by atoms with Gasteiger partial charge in [0.15, 0.2) is 0 Å². The number of alkyl halides is 2. The SMILES string of the molecule is FC(F)Oc1ccc2ccccc2c1CNC[C@H](c1ccco1)N1CCCC1. The number of hydrogen-bond acceptors (Lipinski definition) is 4. The zero-order valence-electron chi connectivity index (χ0n) is 15.6. The lowest BCUT2D eigenvalue weighted by molar-refractivity contribution is -0.0503. The predicted molar refractivity (Wildman–Crippen MR) is 105 cm³/mol. The van der Waals surface area contributed by atoms with E-state index in [1.54, 1.807) is 12.3 Å². The van der Waals surface area contributed by atoms with Crippen LogP contribution < -0.4 is 10.1 Å². The molecule has 148 valence electrons. The van der Waals surface area contributed by atoms with Gasteiger partial charge in [-0.25, -0.2) is 0 Å². The minimum Gasteiger partial charge on any atom is -0.468 e. The summed E-state index contributed by atoms with van der Waals surface area (Å²) in [6.45, 7) is 0.349. The van der Waals surface area contributed by atoms with Crippen LogP contribution in [0, 0.1) is 0 Å². The first-order valence-electron chi connectivity index (χ1n) is 9.66. The highest BCUT2D eigenvalue weighted by Gasteiger charge is 2.25. The Balaban J connectivity index is 1.54. The number of halogens is 2. The summed E-state index contributed by atoms with van der Waals surface area (Å²) in [5, 5.41) is 5.37. The lowest BCUT2D eigenvalue weighted by Gasteiger charge is -2.26. The molecule has 0 aliphatic carbocycles. The molecule has 4 rings (SSSR count). The van der Waals surface area contributed by atoms with Gasteiger partial charge in [-0.1, -0.05) is 30.3 Å². The van der Waals surface area contributed by atoms with Crippen LogP contribution in [-0.2, 0) is 6.54 Å². The van der Waals surface area contributed by atoms with Crippen LogP contribution >= 0.6 is 0 Å². The normalized spacial score (nSPS) is 16.1. The molecule has 1 N–H and O–H groups in total. The maximum atomic E-state index is 12.9. The molecule has 1 atom stereocenters. The van der Waals surface area contributed by atoms with Crippen LogP contribution in [0.4, 0.5) is 8.78 Å². The second-order valence-corrected chi connectivity index (χ2v) is 7.05. The van der Waals surface area contributed by atoms with Crippen LogP contribution in [0.3, 0.4) is 0 Å². The number of furan rings is 1. The Kier molecular flexibility index (Phi) is 5.88. The molecule has 4 nitrogen and oxygen atoms in total. The molecule has 6 heteroatoms. The Bertz CT molecular complexity index is 893. The molecule has 0 radical (unpaired) electrons. The third-order valence-corrected chi connectivity index (χ3v) is 5.31. The fourth-order valence-electron chi connectivity index (χ4n) is 3.98. The van der Waals surface area contributed by atoms with Crippen LogP contribution in [0.5, 0.6) is 5.75 Å². The van der Waals surface area contributed by atoms with Gasteiger partial charge in [0.05, 0.1) is 12.3 Å². The molecule has 2 heterocycles. The minimum absolute atomic E-state index is 0.131. The fraction of sp³-hybridized carbons (Fsp3) is 0.364. The molecule has 1 fully saturated rings. The summed E-state index contributed by atoms with van der Waals surface area (Å²) in [5.41, 5.74) is 0.748. The Labute approximate surface area is 163 Å². The quantitative estimate of drug-likeness (QED) is 0.594. The number of nitrogens with one attached hydrogen (secondary N) is 1. The van der Waals surface area contributed by atoms with Crippen molar-refractivity contribution in [2.24, 2.45) is 0 Å². The van der Waals surface area contributed by atoms with Crippen molar-refractivity contribution in [2.75, 3.05) is 19.6 Å². The molecule has 2 aromatic carbocycles. The largest absolute Gasteiger partial charge is 0.468 e. The van der Waals surface area contributed by atoms with Crippen molar-refractivity contribution in [1.29, 1.82) is 0 Å². The number of rotatable bonds is 8. The number of fused-ring (bicyclic) bond motifs is 1. The maximum absolute atomic E-state index is 12.9. The number of nitrogens with zero attached hydrogens (tertiary/aromatic N) is 1. The van der Waals surface area contributed by atoms with Crippen molar-refractivity contribution in [3.63, 3.8) is 0 Å². The summed E-state index contributed by atoms with van der Waals surface area (Å²) in [7, 11) is 0. The average molecular weight is 386 g/mol. The van der Waals surface area contributed by atoms with Crippen molar-refractivity contribution in [3.05, 3.63) is 66.1 Å². The second-order valence-electron chi connectivity index (χ2n) is 7.05. The van der Waals surface area contributed by atoms with Gasteiger partial charge in [0, 0.05) is 18.7 Å². The molecule has 1 aromatic heterocycles. The molecule has 28 heavy (non-hydrogen) atoms. The van der Waals surface area contributed by atoms with Crippen LogP contribution in [0.2, 0.25) is 0 Å². The van der Waals surface area contributed by atoms with E-state index in [0.29, 0.717) is 13.1 Å². The predicted octanol–water partition coefficient (Wildman–Crippen LogP) is 4.96. The van der Waals surface area contributed by atoms with Gasteiger partial charge >= 0.3 is 6.61 Å². The monoisotopic (exact) mass is 386 g/mol. The highest BCUT2D eigenvalue weighted by atomic mass is 19.3. The van der Waals surface area contributed by atoms with Crippen LogP contribution in [0.1, 0.15) is 30.2 Å². The summed E-state index contributed by atoms with van der Waals surface area (Å²) in [6, 6.07) is 15.2. The Morgan fingerprint density at radius 3 is 2.61 bits per heavy atom. The van der Waals surface area contributed by atoms with Crippen molar-refractivity contribution in [1.82, 2.24) is 10.2 Å². The lowest BCUT2D eigenvalue weighted by Crippen LogP contribution is -2.33. The van der Waals surface area contributed by atoms with Crippen molar-refractivity contribution >= 4 is 10.8 Å². The van der Waals surface area contributed by atoms with Crippen LogP contribution in [0.25, 0.3) is 10.8 Å². The standard InChI is InChI=1S/C22H24F2N2O2/c23-22(24)28-20-10-9-16-6-1-2-7-17(16)18(20)14-25-15-19(21-8-5-13-27-21)26-11-3-4-12-26/h1-2,5-10,13,19,22,25H,3-4,11-12,14-15H2/t19-/m1/s1. The molecule has 3 aromatic rings. The second kappa shape index (κ2) is 8.71. The van der Waals surface area contributed by atoms with Crippen molar-refractivity contribution < 1.29 is 17.9 Å². The lowest BCUT2D eigenvalue weighted by atomic mass is 10.0. The first-order chi connectivity index (χ1) is 13.7. The van der Waals surface area contributed by atoms with E-state index >= 15 is 0 Å². The summed E-state index contributed by atoms with van der Waals surface area (Å²) >= 11 is 0. The number of likely N-dealkylation sites (tertiary alicyclic amines) is 1. The molecule has 0 amide bonds. The zero-order valence-corrected chi connectivity index (χ0v) is 15.6. The van der Waals surface area contributed by atoms with Gasteiger partial charge < -0.3 is 14.5 Å². The number of ether oxygens (including phenoxy) is 1. The zero-order chi connectivity index (χ0) is 19.3. The molecular formula is C22H24F2N2O2. The molecule has 0 saturated carbocycles. The first-order valence-corrected chi connectivity index (χ1v) is 9.66. The summed E-state index contributed by atoms with van der Waals surface area (Å²) in [4.78, 5) is 2.41. The maximum Gasteiger partial charge on any atom is 0.387 e. The van der Waals surface area contributed by atoms with Gasteiger partial charge in [0.25, 0.3) is 0 Å². The Morgan fingerprint density at radius 2 is 1.86 bits per heavy atom. The van der Waals surface area contributed by atoms with Crippen LogP contribution in [-0.4, -0.2) is 31.1 Å². The summed E-state index contributed by atoms with van der Waals surface area (Å²) < 4.78 is 36.2. The van der Waals surface area contributed by atoms with Gasteiger partial charge in [-0.3, -0.25) is 4.90 Å². The number of hydrogen-bond donors (Lipinski definition) is 1. The molecule has 0 bridgehead atoms. The van der Waals surface area contributed by atoms with Gasteiger partial charge in [-0.15, -0.1) is 0 Å². The van der Waals surface area contributed by atoms with E-state index in [1.807, 2.05) is 42.5 Å². The minimum atomic E-state index is -2.85. The molecule has 0 spiro atoms. The van der Waals surface area contributed by atoms with E-state index in [-0.39, 0.29) is 11.8 Å². The van der Waals surface area contributed by atoms with E-state index in [4.69, 9.17) is 9.15 Å². The topological polar surface area (TPSA) is 37.6 Å². The van der Waals surface area contributed by atoms with Crippen molar-refractivity contribution in [2.45, 2.75) is 32.0 Å². The molecule has 1 aliphatic rings. The molecule has 0 unspecified atom stereocenters. The fourth-order valence-corrected chi connectivity index (χ4v) is 3.98. The van der Waals surface area contributed by atoms with Gasteiger partial charge in [0.2, 0.25) is 0 Å². The highest BCUT2D eigenvalue weighted by Crippen LogP contribution is 2.30. The third-order valence-electron chi connectivity index (χ3n) is 5.31. The molecule has 1 saturated heterocycles. The van der Waals surface area contributed by atoms with Crippen molar-refractivity contribution in [3.8, 4) is 5.75 Å². The van der Waals surface area contributed by atoms with E-state index in [2.05, 4.69) is 10.2 Å². The van der Waals surface area contributed by atoms with E-state index in [9.17, 15) is 8.78 Å². The first kappa shape index (κ1) is 18.9. The smallest absolute Gasteiger partial charge is 0.387 e. The van der Waals surface area contributed by atoms with E-state index in [0.717, 1.165) is 35.2 Å². The molecular weight excluding hydrogens is 362 g/mol. The highest BCUT2D eigenvalue weighted by molar-refractivity contribution is 5.87. The summed E-state index contributed by atoms with van der Waals surface area (Å²) in [5.74, 6) is 1.15. The third kappa shape index (κ3) is 4.18. The van der Waals surface area contributed by atoms with E-state index < -0.39 is 6.61 Å². The molecule has 1 aliphatic heterocycles. The Morgan fingerprint density at radius 1 is 1.04 bits per heavy atom.